The number of nitrogens with one attached hydrogen (secondary N) is 1. The Morgan fingerprint density at radius 1 is 1.38 bits per heavy atom. The van der Waals surface area contributed by atoms with E-state index >= 15 is 0 Å². The van der Waals surface area contributed by atoms with Crippen LogP contribution < -0.4 is 10.2 Å². The number of piperidine rings is 1. The van der Waals surface area contributed by atoms with E-state index in [9.17, 15) is 5.11 Å². The second kappa shape index (κ2) is 7.59. The maximum Gasteiger partial charge on any atom is 0.135 e. The second-order valence-electron chi connectivity index (χ2n) is 6.08. The average molecular weight is 292 g/mol. The number of aliphatic hydroxyl groups is 1. The molecule has 0 amide bonds. The van der Waals surface area contributed by atoms with Gasteiger partial charge in [-0.15, -0.1) is 0 Å². The Balaban J connectivity index is 2.29. The van der Waals surface area contributed by atoms with Gasteiger partial charge in [0.15, 0.2) is 0 Å². The number of nitrogens with zero attached hydrogens (tertiary/aromatic N) is 3. The first-order chi connectivity index (χ1) is 10.2. The number of aromatic nitrogens is 2. The third kappa shape index (κ3) is 4.06. The van der Waals surface area contributed by atoms with E-state index in [1.54, 1.807) is 0 Å². The van der Waals surface area contributed by atoms with E-state index in [0.29, 0.717) is 5.92 Å². The van der Waals surface area contributed by atoms with Crippen molar-refractivity contribution in [1.29, 1.82) is 0 Å². The van der Waals surface area contributed by atoms with Crippen LogP contribution in [0.2, 0.25) is 0 Å². The molecule has 2 N–H and O–H groups in total. The Morgan fingerprint density at radius 2 is 2.19 bits per heavy atom. The SMILES string of the molecule is CCCNc1cc(N2CCCCC2CO)nc(C(C)C)n1. The lowest BCUT2D eigenvalue weighted by Gasteiger charge is -2.36. The molecule has 0 spiro atoms. The summed E-state index contributed by atoms with van der Waals surface area (Å²) in [4.78, 5) is 11.6. The van der Waals surface area contributed by atoms with E-state index in [-0.39, 0.29) is 12.6 Å². The Morgan fingerprint density at radius 3 is 2.86 bits per heavy atom. The van der Waals surface area contributed by atoms with Gasteiger partial charge in [-0.2, -0.15) is 0 Å². The molecule has 5 heteroatoms. The minimum absolute atomic E-state index is 0.188. The van der Waals surface area contributed by atoms with Crippen molar-refractivity contribution in [1.82, 2.24) is 9.97 Å². The second-order valence-corrected chi connectivity index (χ2v) is 6.08. The van der Waals surface area contributed by atoms with E-state index in [1.165, 1.54) is 6.42 Å². The monoisotopic (exact) mass is 292 g/mol. The third-order valence-electron chi connectivity index (χ3n) is 3.93. The number of rotatable bonds is 6. The van der Waals surface area contributed by atoms with E-state index in [0.717, 1.165) is 49.8 Å². The molecule has 1 unspecified atom stereocenters. The van der Waals surface area contributed by atoms with Gasteiger partial charge in [0.2, 0.25) is 0 Å². The summed E-state index contributed by atoms with van der Waals surface area (Å²) in [6, 6.07) is 2.21. The van der Waals surface area contributed by atoms with Crippen LogP contribution in [-0.4, -0.2) is 40.8 Å². The van der Waals surface area contributed by atoms with Gasteiger partial charge in [0, 0.05) is 25.1 Å². The maximum atomic E-state index is 9.61. The van der Waals surface area contributed by atoms with Crippen LogP contribution in [0.1, 0.15) is 58.2 Å². The topological polar surface area (TPSA) is 61.3 Å². The van der Waals surface area contributed by atoms with E-state index in [1.807, 2.05) is 6.07 Å². The number of aliphatic hydroxyl groups excluding tert-OH is 1. The van der Waals surface area contributed by atoms with Gasteiger partial charge in [-0.25, -0.2) is 9.97 Å². The van der Waals surface area contributed by atoms with Crippen molar-refractivity contribution < 1.29 is 5.11 Å². The minimum atomic E-state index is 0.188. The molecule has 2 rings (SSSR count). The zero-order valence-corrected chi connectivity index (χ0v) is 13.5. The molecule has 5 nitrogen and oxygen atoms in total. The third-order valence-corrected chi connectivity index (χ3v) is 3.93. The summed E-state index contributed by atoms with van der Waals surface area (Å²) in [7, 11) is 0. The molecule has 118 valence electrons. The van der Waals surface area contributed by atoms with E-state index in [4.69, 9.17) is 4.98 Å². The summed E-state index contributed by atoms with van der Waals surface area (Å²) >= 11 is 0. The fraction of sp³-hybridized carbons (Fsp3) is 0.750. The first-order valence-corrected chi connectivity index (χ1v) is 8.16. The molecule has 1 fully saturated rings. The summed E-state index contributed by atoms with van der Waals surface area (Å²) < 4.78 is 0. The number of anilines is 2. The molecule has 0 radical (unpaired) electrons. The summed E-state index contributed by atoms with van der Waals surface area (Å²) in [5.74, 6) is 3.01. The van der Waals surface area contributed by atoms with Gasteiger partial charge in [0.25, 0.3) is 0 Å². The molecule has 1 aromatic rings. The van der Waals surface area contributed by atoms with Gasteiger partial charge in [0.1, 0.15) is 17.5 Å². The average Bonchev–Trinajstić information content (AvgIpc) is 2.52. The van der Waals surface area contributed by atoms with Crippen LogP contribution in [0.3, 0.4) is 0 Å². The summed E-state index contributed by atoms with van der Waals surface area (Å²) in [6.07, 6.45) is 4.45. The van der Waals surface area contributed by atoms with Crippen molar-refractivity contribution in [3.8, 4) is 0 Å². The maximum absolute atomic E-state index is 9.61. The Labute approximate surface area is 127 Å². The smallest absolute Gasteiger partial charge is 0.135 e. The molecular weight excluding hydrogens is 264 g/mol. The summed E-state index contributed by atoms with van der Waals surface area (Å²) in [5.41, 5.74) is 0. The molecule has 1 saturated heterocycles. The zero-order valence-electron chi connectivity index (χ0n) is 13.5. The van der Waals surface area contributed by atoms with Crippen molar-refractivity contribution in [2.75, 3.05) is 29.9 Å². The highest BCUT2D eigenvalue weighted by Crippen LogP contribution is 2.26. The molecule has 1 atom stereocenters. The van der Waals surface area contributed by atoms with Gasteiger partial charge < -0.3 is 15.3 Å². The van der Waals surface area contributed by atoms with Gasteiger partial charge in [-0.05, 0) is 25.7 Å². The summed E-state index contributed by atoms with van der Waals surface area (Å²) in [6.45, 7) is 8.44. The van der Waals surface area contributed by atoms with Crippen molar-refractivity contribution in [2.24, 2.45) is 0 Å². The van der Waals surface area contributed by atoms with Crippen LogP contribution in [-0.2, 0) is 0 Å². The largest absolute Gasteiger partial charge is 0.394 e. The quantitative estimate of drug-likeness (QED) is 0.844. The number of hydrogen-bond donors (Lipinski definition) is 2. The predicted molar refractivity (Wildman–Crippen MR) is 87.0 cm³/mol. The lowest BCUT2D eigenvalue weighted by Crippen LogP contribution is -2.42. The standard InChI is InChI=1S/C16H28N4O/c1-4-8-17-14-10-15(19-16(18-14)12(2)3)20-9-6-5-7-13(20)11-21/h10,12-13,21H,4-9,11H2,1-3H3,(H,17,18,19). The molecule has 21 heavy (non-hydrogen) atoms. The normalized spacial score (nSPS) is 19.1. The van der Waals surface area contributed by atoms with Crippen LogP contribution in [0.25, 0.3) is 0 Å². The highest BCUT2D eigenvalue weighted by atomic mass is 16.3. The summed E-state index contributed by atoms with van der Waals surface area (Å²) in [5, 5.41) is 13.0. The van der Waals surface area contributed by atoms with Gasteiger partial charge in [-0.3, -0.25) is 0 Å². The zero-order chi connectivity index (χ0) is 15.2. The van der Waals surface area contributed by atoms with Crippen LogP contribution >= 0.6 is 0 Å². The van der Waals surface area contributed by atoms with Crippen LogP contribution in [0.15, 0.2) is 6.07 Å². The lowest BCUT2D eigenvalue weighted by molar-refractivity contribution is 0.239. The lowest BCUT2D eigenvalue weighted by atomic mass is 10.0. The molecule has 1 aliphatic heterocycles. The van der Waals surface area contributed by atoms with Gasteiger partial charge >= 0.3 is 0 Å². The molecule has 1 aliphatic rings. The molecular formula is C16H28N4O. The van der Waals surface area contributed by atoms with Crippen LogP contribution in [0.5, 0.6) is 0 Å². The van der Waals surface area contributed by atoms with Gasteiger partial charge in [-0.1, -0.05) is 20.8 Å². The van der Waals surface area contributed by atoms with Crippen molar-refractivity contribution in [3.63, 3.8) is 0 Å². The molecule has 1 aromatic heterocycles. The highest BCUT2D eigenvalue weighted by molar-refractivity contribution is 5.50. The first-order valence-electron chi connectivity index (χ1n) is 8.16. The fourth-order valence-electron chi connectivity index (χ4n) is 2.69. The van der Waals surface area contributed by atoms with Gasteiger partial charge in [0.05, 0.1) is 12.6 Å². The molecule has 0 aliphatic carbocycles. The van der Waals surface area contributed by atoms with E-state index < -0.39 is 0 Å². The van der Waals surface area contributed by atoms with Crippen LogP contribution in [0.4, 0.5) is 11.6 Å². The first kappa shape index (κ1) is 16.0. The molecule has 0 bridgehead atoms. The van der Waals surface area contributed by atoms with Crippen molar-refractivity contribution in [3.05, 3.63) is 11.9 Å². The fourth-order valence-corrected chi connectivity index (χ4v) is 2.69. The van der Waals surface area contributed by atoms with Crippen molar-refractivity contribution >= 4 is 11.6 Å². The molecule has 2 heterocycles. The Bertz CT molecular complexity index is 450. The van der Waals surface area contributed by atoms with E-state index in [2.05, 4.69) is 36.0 Å². The predicted octanol–water partition coefficient (Wildman–Crippen LogP) is 2.77. The minimum Gasteiger partial charge on any atom is -0.394 e. The van der Waals surface area contributed by atoms with Crippen molar-refractivity contribution in [2.45, 2.75) is 58.4 Å². The molecule has 0 saturated carbocycles. The van der Waals surface area contributed by atoms with Crippen LogP contribution in [0, 0.1) is 0 Å². The Hall–Kier alpha value is -1.36. The highest BCUT2D eigenvalue weighted by Gasteiger charge is 2.24. The Kier molecular flexibility index (Phi) is 5.79. The number of hydrogen-bond acceptors (Lipinski definition) is 5. The molecule has 0 aromatic carbocycles.